The van der Waals surface area contributed by atoms with Crippen LogP contribution in [-0.2, 0) is 0 Å². The molecule has 0 saturated heterocycles. The summed E-state index contributed by atoms with van der Waals surface area (Å²) < 4.78 is 1.45. The zero-order valence-electron chi connectivity index (χ0n) is 11.9. The van der Waals surface area contributed by atoms with Crippen LogP contribution in [0.25, 0.3) is 5.82 Å². The zero-order valence-corrected chi connectivity index (χ0v) is 11.9. The molecule has 3 aromatic rings. The van der Waals surface area contributed by atoms with E-state index in [2.05, 4.69) is 35.6 Å². The number of rotatable bonds is 3. The van der Waals surface area contributed by atoms with E-state index < -0.39 is 5.91 Å². The third-order valence-electron chi connectivity index (χ3n) is 2.74. The van der Waals surface area contributed by atoms with Crippen LogP contribution in [0.3, 0.4) is 0 Å². The van der Waals surface area contributed by atoms with Crippen LogP contribution in [0.5, 0.6) is 0 Å². The molecule has 9 heteroatoms. The molecule has 110 valence electrons. The second kappa shape index (κ2) is 5.64. The first kappa shape index (κ1) is 13.7. The van der Waals surface area contributed by atoms with Crippen molar-refractivity contribution < 1.29 is 4.79 Å². The number of hydrogen-bond acceptors (Lipinski definition) is 7. The first-order valence-corrected chi connectivity index (χ1v) is 6.44. The number of carbonyl (C=O) groups excluding carboxylic acids is 1. The number of nitrogens with one attached hydrogen (secondary N) is 1. The van der Waals surface area contributed by atoms with Gasteiger partial charge in [-0.15, -0.1) is 10.2 Å². The molecule has 3 rings (SSSR count). The van der Waals surface area contributed by atoms with Crippen LogP contribution >= 0.6 is 0 Å². The fourth-order valence-corrected chi connectivity index (χ4v) is 1.84. The summed E-state index contributed by atoms with van der Waals surface area (Å²) >= 11 is 0. The van der Waals surface area contributed by atoms with Crippen LogP contribution in [0.4, 0.5) is 5.95 Å². The summed E-state index contributed by atoms with van der Waals surface area (Å²) in [5, 5.41) is 14.3. The van der Waals surface area contributed by atoms with Gasteiger partial charge in [0.05, 0.1) is 0 Å². The van der Waals surface area contributed by atoms with Crippen LogP contribution in [0.1, 0.15) is 21.9 Å². The normalized spacial score (nSPS) is 10.5. The second-order valence-electron chi connectivity index (χ2n) is 4.55. The van der Waals surface area contributed by atoms with Gasteiger partial charge in [-0.25, -0.2) is 19.6 Å². The van der Waals surface area contributed by atoms with Gasteiger partial charge >= 0.3 is 0 Å². The van der Waals surface area contributed by atoms with Crippen molar-refractivity contribution in [1.29, 1.82) is 0 Å². The van der Waals surface area contributed by atoms with Crippen LogP contribution in [-0.4, -0.2) is 40.8 Å². The molecule has 9 nitrogen and oxygen atoms in total. The Hall–Kier alpha value is -3.23. The van der Waals surface area contributed by atoms with Gasteiger partial charge in [-0.2, -0.15) is 5.10 Å². The van der Waals surface area contributed by atoms with E-state index in [1.165, 1.54) is 17.3 Å². The Morgan fingerprint density at radius 2 is 1.91 bits per heavy atom. The minimum atomic E-state index is -0.428. The maximum absolute atomic E-state index is 12.1. The van der Waals surface area contributed by atoms with E-state index in [0.29, 0.717) is 5.82 Å². The summed E-state index contributed by atoms with van der Waals surface area (Å²) in [4.78, 5) is 24.2. The van der Waals surface area contributed by atoms with E-state index in [1.54, 1.807) is 12.1 Å². The Kier molecular flexibility index (Phi) is 3.52. The average molecular weight is 296 g/mol. The van der Waals surface area contributed by atoms with Crippen molar-refractivity contribution >= 4 is 11.9 Å². The van der Waals surface area contributed by atoms with Gasteiger partial charge in [0.25, 0.3) is 5.91 Å². The Labute approximate surface area is 125 Å². The maximum atomic E-state index is 12.1. The molecular weight excluding hydrogens is 284 g/mol. The molecule has 0 saturated carbocycles. The Balaban J connectivity index is 1.77. The molecular formula is C13H12N8O. The molecule has 0 bridgehead atoms. The molecule has 1 amide bonds. The van der Waals surface area contributed by atoms with Crippen molar-refractivity contribution in [2.24, 2.45) is 0 Å². The molecule has 1 N–H and O–H groups in total. The van der Waals surface area contributed by atoms with Crippen LogP contribution in [0.15, 0.2) is 30.9 Å². The lowest BCUT2D eigenvalue weighted by Gasteiger charge is -2.05. The zero-order chi connectivity index (χ0) is 15.5. The first-order valence-electron chi connectivity index (χ1n) is 6.44. The quantitative estimate of drug-likeness (QED) is 0.757. The minimum Gasteiger partial charge on any atom is -0.289 e. The summed E-state index contributed by atoms with van der Waals surface area (Å²) in [6.45, 7) is 3.66. The number of aryl methyl sites for hydroxylation is 2. The largest absolute Gasteiger partial charge is 0.289 e. The average Bonchev–Trinajstić information content (AvgIpc) is 3.00. The molecule has 0 aromatic carbocycles. The fraction of sp³-hybridized carbons (Fsp3) is 0.154. The van der Waals surface area contributed by atoms with Gasteiger partial charge in [-0.1, -0.05) is 0 Å². The van der Waals surface area contributed by atoms with Crippen molar-refractivity contribution in [3.8, 4) is 5.82 Å². The standard InChI is InChI=1S/C13H12N8O/c1-8-5-9(2)17-13(16-8)18-12(22)10-3-4-11(20-19-10)21-7-14-6-15-21/h3-7H,1-2H3,(H,16,17,18,22). The number of carbonyl (C=O) groups is 1. The lowest BCUT2D eigenvalue weighted by atomic mass is 10.3. The van der Waals surface area contributed by atoms with E-state index in [-0.39, 0.29) is 11.6 Å². The Morgan fingerprint density at radius 1 is 1.14 bits per heavy atom. The van der Waals surface area contributed by atoms with E-state index >= 15 is 0 Å². The summed E-state index contributed by atoms with van der Waals surface area (Å²) in [6.07, 6.45) is 2.88. The van der Waals surface area contributed by atoms with Gasteiger partial charge in [-0.05, 0) is 32.0 Å². The number of amides is 1. The minimum absolute atomic E-state index is 0.159. The summed E-state index contributed by atoms with van der Waals surface area (Å²) in [6, 6.07) is 4.99. The lowest BCUT2D eigenvalue weighted by molar-refractivity contribution is 0.102. The van der Waals surface area contributed by atoms with E-state index in [1.807, 2.05) is 19.9 Å². The molecule has 0 fully saturated rings. The molecule has 0 unspecified atom stereocenters. The number of aromatic nitrogens is 7. The molecule has 0 aliphatic rings. The number of nitrogens with zero attached hydrogens (tertiary/aromatic N) is 7. The second-order valence-corrected chi connectivity index (χ2v) is 4.55. The third kappa shape index (κ3) is 2.92. The van der Waals surface area contributed by atoms with Crippen molar-refractivity contribution in [3.63, 3.8) is 0 Å². The van der Waals surface area contributed by atoms with Gasteiger partial charge in [0.2, 0.25) is 5.95 Å². The lowest BCUT2D eigenvalue weighted by Crippen LogP contribution is -2.17. The van der Waals surface area contributed by atoms with Crippen molar-refractivity contribution in [2.75, 3.05) is 5.32 Å². The fourth-order valence-electron chi connectivity index (χ4n) is 1.84. The van der Waals surface area contributed by atoms with Gasteiger partial charge in [0, 0.05) is 11.4 Å². The molecule has 0 atom stereocenters. The maximum Gasteiger partial charge on any atom is 0.278 e. The van der Waals surface area contributed by atoms with Crippen molar-refractivity contribution in [1.82, 2.24) is 34.9 Å². The smallest absolute Gasteiger partial charge is 0.278 e. The van der Waals surface area contributed by atoms with Crippen LogP contribution in [0.2, 0.25) is 0 Å². The van der Waals surface area contributed by atoms with Gasteiger partial charge in [-0.3, -0.25) is 10.1 Å². The van der Waals surface area contributed by atoms with Crippen LogP contribution in [0, 0.1) is 13.8 Å². The SMILES string of the molecule is Cc1cc(C)nc(NC(=O)c2ccc(-n3cncn3)nn2)n1. The van der Waals surface area contributed by atoms with Crippen molar-refractivity contribution in [3.05, 3.63) is 47.9 Å². The molecule has 22 heavy (non-hydrogen) atoms. The van der Waals surface area contributed by atoms with Crippen LogP contribution < -0.4 is 5.32 Å². The predicted molar refractivity (Wildman–Crippen MR) is 76.4 cm³/mol. The van der Waals surface area contributed by atoms with Crippen molar-refractivity contribution in [2.45, 2.75) is 13.8 Å². The predicted octanol–water partition coefficient (Wildman–Crippen LogP) is 0.716. The van der Waals surface area contributed by atoms with E-state index in [9.17, 15) is 4.79 Å². The summed E-state index contributed by atoms with van der Waals surface area (Å²) in [7, 11) is 0. The Morgan fingerprint density at radius 3 is 2.50 bits per heavy atom. The molecule has 0 radical (unpaired) electrons. The highest BCUT2D eigenvalue weighted by atomic mass is 16.2. The Bertz CT molecular complexity index is 777. The van der Waals surface area contributed by atoms with E-state index in [4.69, 9.17) is 0 Å². The molecule has 0 aliphatic carbocycles. The summed E-state index contributed by atoms with van der Waals surface area (Å²) in [5.41, 5.74) is 1.71. The van der Waals surface area contributed by atoms with Gasteiger partial charge < -0.3 is 0 Å². The summed E-state index contributed by atoms with van der Waals surface area (Å²) in [5.74, 6) is 0.281. The highest BCUT2D eigenvalue weighted by Gasteiger charge is 2.11. The molecule has 0 spiro atoms. The number of hydrogen-bond donors (Lipinski definition) is 1. The highest BCUT2D eigenvalue weighted by Crippen LogP contribution is 2.06. The molecule has 0 aliphatic heterocycles. The van der Waals surface area contributed by atoms with Gasteiger partial charge in [0.1, 0.15) is 12.7 Å². The van der Waals surface area contributed by atoms with E-state index in [0.717, 1.165) is 11.4 Å². The molecule has 3 aromatic heterocycles. The first-order chi connectivity index (χ1) is 10.6. The van der Waals surface area contributed by atoms with Gasteiger partial charge in [0.15, 0.2) is 11.5 Å². The molecule has 3 heterocycles. The monoisotopic (exact) mass is 296 g/mol. The highest BCUT2D eigenvalue weighted by molar-refractivity contribution is 6.01. The number of anilines is 1. The topological polar surface area (TPSA) is 111 Å². The third-order valence-corrected chi connectivity index (χ3v) is 2.74.